The fourth-order valence-corrected chi connectivity index (χ4v) is 3.41. The van der Waals surface area contributed by atoms with Crippen molar-refractivity contribution in [3.8, 4) is 0 Å². The Balaban J connectivity index is 1.46. The smallest absolute Gasteiger partial charge is 0.191 e. The van der Waals surface area contributed by atoms with E-state index in [1.165, 1.54) is 44.3 Å². The number of rotatable bonds is 6. The van der Waals surface area contributed by atoms with Crippen LogP contribution >= 0.6 is 0 Å². The molecule has 1 aliphatic heterocycles. The van der Waals surface area contributed by atoms with Crippen LogP contribution in [0.3, 0.4) is 0 Å². The fraction of sp³-hybridized carbons (Fsp3) is 0.632. The van der Waals surface area contributed by atoms with E-state index in [9.17, 15) is 0 Å². The van der Waals surface area contributed by atoms with Crippen molar-refractivity contribution in [1.29, 1.82) is 0 Å². The molecule has 23 heavy (non-hydrogen) atoms. The average Bonchev–Trinajstić information content (AvgIpc) is 3.36. The summed E-state index contributed by atoms with van der Waals surface area (Å²) < 4.78 is 0. The van der Waals surface area contributed by atoms with Gasteiger partial charge in [0, 0.05) is 25.0 Å². The van der Waals surface area contributed by atoms with Gasteiger partial charge in [-0.05, 0) is 44.8 Å². The van der Waals surface area contributed by atoms with E-state index in [4.69, 9.17) is 4.99 Å². The SMILES string of the molecule is CCNC(=NCCN1CCCCC1)NC1CC1c1ccccc1. The van der Waals surface area contributed by atoms with Crippen molar-refractivity contribution in [1.82, 2.24) is 15.5 Å². The minimum absolute atomic E-state index is 0.533. The Bertz CT molecular complexity index is 493. The van der Waals surface area contributed by atoms with Crippen LogP contribution < -0.4 is 10.6 Å². The third-order valence-corrected chi connectivity index (χ3v) is 4.82. The van der Waals surface area contributed by atoms with Gasteiger partial charge in [0.1, 0.15) is 0 Å². The zero-order valence-electron chi connectivity index (χ0n) is 14.3. The molecule has 2 unspecified atom stereocenters. The molecule has 2 atom stereocenters. The summed E-state index contributed by atoms with van der Waals surface area (Å²) in [4.78, 5) is 7.31. The highest BCUT2D eigenvalue weighted by Crippen LogP contribution is 2.40. The van der Waals surface area contributed by atoms with Crippen LogP contribution in [0.15, 0.2) is 35.3 Å². The van der Waals surface area contributed by atoms with E-state index in [-0.39, 0.29) is 0 Å². The fourth-order valence-electron chi connectivity index (χ4n) is 3.41. The van der Waals surface area contributed by atoms with Gasteiger partial charge >= 0.3 is 0 Å². The van der Waals surface area contributed by atoms with Gasteiger partial charge in [0.25, 0.3) is 0 Å². The van der Waals surface area contributed by atoms with E-state index in [1.807, 2.05) is 0 Å². The average molecular weight is 314 g/mol. The van der Waals surface area contributed by atoms with Crippen LogP contribution in [-0.2, 0) is 0 Å². The van der Waals surface area contributed by atoms with Crippen molar-refractivity contribution in [2.75, 3.05) is 32.7 Å². The van der Waals surface area contributed by atoms with Crippen LogP contribution in [0.5, 0.6) is 0 Å². The predicted molar refractivity (Wildman–Crippen MR) is 97.0 cm³/mol. The van der Waals surface area contributed by atoms with Gasteiger partial charge in [-0.2, -0.15) is 0 Å². The van der Waals surface area contributed by atoms with Crippen molar-refractivity contribution in [3.63, 3.8) is 0 Å². The van der Waals surface area contributed by atoms with E-state index in [2.05, 4.69) is 52.8 Å². The normalized spacial score (nSPS) is 25.2. The van der Waals surface area contributed by atoms with Crippen LogP contribution in [0, 0.1) is 0 Å². The third kappa shape index (κ3) is 4.96. The van der Waals surface area contributed by atoms with Crippen LogP contribution in [0.25, 0.3) is 0 Å². The maximum absolute atomic E-state index is 4.77. The number of nitrogens with one attached hydrogen (secondary N) is 2. The lowest BCUT2D eigenvalue weighted by Crippen LogP contribution is -2.40. The molecule has 0 bridgehead atoms. The number of piperidine rings is 1. The second-order valence-electron chi connectivity index (χ2n) is 6.67. The van der Waals surface area contributed by atoms with E-state index < -0.39 is 0 Å². The number of guanidine groups is 1. The van der Waals surface area contributed by atoms with Gasteiger partial charge in [-0.15, -0.1) is 0 Å². The van der Waals surface area contributed by atoms with Crippen LogP contribution in [0.2, 0.25) is 0 Å². The van der Waals surface area contributed by atoms with Crippen LogP contribution in [-0.4, -0.2) is 49.6 Å². The van der Waals surface area contributed by atoms with Crippen molar-refractivity contribution >= 4 is 5.96 Å². The Labute approximate surface area is 140 Å². The molecule has 1 heterocycles. The van der Waals surface area contributed by atoms with E-state index in [0.29, 0.717) is 12.0 Å². The first kappa shape index (κ1) is 16.3. The summed E-state index contributed by atoms with van der Waals surface area (Å²) in [5.74, 6) is 1.62. The molecule has 126 valence electrons. The molecular formula is C19H30N4. The summed E-state index contributed by atoms with van der Waals surface area (Å²) in [6, 6.07) is 11.3. The maximum Gasteiger partial charge on any atom is 0.191 e. The van der Waals surface area contributed by atoms with Gasteiger partial charge in [0.2, 0.25) is 0 Å². The molecule has 1 saturated heterocycles. The summed E-state index contributed by atoms with van der Waals surface area (Å²) in [6.45, 7) is 7.51. The molecule has 0 amide bonds. The lowest BCUT2D eigenvalue weighted by Gasteiger charge is -2.25. The van der Waals surface area contributed by atoms with E-state index in [0.717, 1.165) is 25.6 Å². The van der Waals surface area contributed by atoms with Gasteiger partial charge in [-0.3, -0.25) is 4.99 Å². The van der Waals surface area contributed by atoms with Crippen molar-refractivity contribution in [2.45, 2.75) is 44.6 Å². The molecule has 2 fully saturated rings. The van der Waals surface area contributed by atoms with Gasteiger partial charge in [0.05, 0.1) is 6.54 Å². The molecule has 1 saturated carbocycles. The molecular weight excluding hydrogens is 284 g/mol. The second-order valence-corrected chi connectivity index (χ2v) is 6.67. The first-order valence-electron chi connectivity index (χ1n) is 9.19. The van der Waals surface area contributed by atoms with Gasteiger partial charge in [-0.1, -0.05) is 36.8 Å². The number of hydrogen-bond acceptors (Lipinski definition) is 2. The van der Waals surface area contributed by atoms with Gasteiger partial charge in [0.15, 0.2) is 5.96 Å². The lowest BCUT2D eigenvalue weighted by atomic mass is 10.1. The maximum atomic E-state index is 4.77. The largest absolute Gasteiger partial charge is 0.357 e. The molecule has 1 aromatic carbocycles. The molecule has 4 nitrogen and oxygen atoms in total. The number of likely N-dealkylation sites (tertiary alicyclic amines) is 1. The minimum atomic E-state index is 0.533. The Hall–Kier alpha value is -1.55. The van der Waals surface area contributed by atoms with Crippen molar-refractivity contribution in [3.05, 3.63) is 35.9 Å². The standard InChI is InChI=1S/C19H30N4/c1-2-20-19(21-11-14-23-12-7-4-8-13-23)22-18-15-17(18)16-9-5-3-6-10-16/h3,5-6,9-10,17-18H,2,4,7-8,11-15H2,1H3,(H2,20,21,22). The van der Waals surface area contributed by atoms with Crippen molar-refractivity contribution < 1.29 is 0 Å². The molecule has 0 aromatic heterocycles. The van der Waals surface area contributed by atoms with Crippen LogP contribution in [0.1, 0.15) is 44.1 Å². The van der Waals surface area contributed by atoms with Gasteiger partial charge in [-0.25, -0.2) is 0 Å². The predicted octanol–water partition coefficient (Wildman–Crippen LogP) is 2.58. The van der Waals surface area contributed by atoms with Crippen LogP contribution in [0.4, 0.5) is 0 Å². The first-order valence-corrected chi connectivity index (χ1v) is 9.19. The Morgan fingerprint density at radius 3 is 2.70 bits per heavy atom. The molecule has 2 aliphatic rings. The van der Waals surface area contributed by atoms with E-state index >= 15 is 0 Å². The van der Waals surface area contributed by atoms with Gasteiger partial charge < -0.3 is 15.5 Å². The number of nitrogens with zero attached hydrogens (tertiary/aromatic N) is 2. The Morgan fingerprint density at radius 2 is 1.96 bits per heavy atom. The summed E-state index contributed by atoms with van der Waals surface area (Å²) in [5, 5.41) is 6.98. The van der Waals surface area contributed by atoms with Crippen molar-refractivity contribution in [2.24, 2.45) is 4.99 Å². The quantitative estimate of drug-likeness (QED) is 0.626. The summed E-state index contributed by atoms with van der Waals surface area (Å²) in [5.41, 5.74) is 1.44. The lowest BCUT2D eigenvalue weighted by molar-refractivity contribution is 0.235. The summed E-state index contributed by atoms with van der Waals surface area (Å²) >= 11 is 0. The monoisotopic (exact) mass is 314 g/mol. The molecule has 1 aliphatic carbocycles. The Morgan fingerprint density at radius 1 is 1.17 bits per heavy atom. The zero-order valence-corrected chi connectivity index (χ0v) is 14.3. The highest BCUT2D eigenvalue weighted by molar-refractivity contribution is 5.80. The molecule has 2 N–H and O–H groups in total. The molecule has 0 spiro atoms. The summed E-state index contributed by atoms with van der Waals surface area (Å²) in [6.07, 6.45) is 5.30. The Kier molecular flexibility index (Phi) is 5.92. The molecule has 3 rings (SSSR count). The highest BCUT2D eigenvalue weighted by atomic mass is 15.2. The van der Waals surface area contributed by atoms with E-state index in [1.54, 1.807) is 0 Å². The molecule has 4 heteroatoms. The number of benzene rings is 1. The number of hydrogen-bond donors (Lipinski definition) is 2. The zero-order chi connectivity index (χ0) is 15.9. The second kappa shape index (κ2) is 8.34. The minimum Gasteiger partial charge on any atom is -0.357 e. The summed E-state index contributed by atoms with van der Waals surface area (Å²) in [7, 11) is 0. The molecule has 0 radical (unpaired) electrons. The topological polar surface area (TPSA) is 39.7 Å². The third-order valence-electron chi connectivity index (χ3n) is 4.82. The number of aliphatic imine (C=N–C) groups is 1. The highest BCUT2D eigenvalue weighted by Gasteiger charge is 2.38. The first-order chi connectivity index (χ1) is 11.4. The molecule has 1 aromatic rings.